The number of rotatable bonds is 7. The summed E-state index contributed by atoms with van der Waals surface area (Å²) in [6.45, 7) is 2.27. The van der Waals surface area contributed by atoms with E-state index < -0.39 is 10.1 Å². The van der Waals surface area contributed by atoms with Crippen molar-refractivity contribution in [1.29, 1.82) is 0 Å². The first-order valence-corrected chi connectivity index (χ1v) is 12.9. The number of hydrogen-bond acceptors (Lipinski definition) is 7. The van der Waals surface area contributed by atoms with E-state index in [0.717, 1.165) is 11.1 Å². The number of aryl methyl sites for hydroxylation is 1. The van der Waals surface area contributed by atoms with Crippen LogP contribution in [0.2, 0.25) is 0 Å². The van der Waals surface area contributed by atoms with E-state index in [9.17, 15) is 13.2 Å². The number of hydrogen-bond donors (Lipinski definition) is 0. The predicted octanol–water partition coefficient (Wildman–Crippen LogP) is 5.17. The molecule has 3 aromatic carbocycles. The highest BCUT2D eigenvalue weighted by molar-refractivity contribution is 8.26. The van der Waals surface area contributed by atoms with Crippen molar-refractivity contribution in [3.05, 3.63) is 94.4 Å². The van der Waals surface area contributed by atoms with Crippen molar-refractivity contribution in [3.8, 4) is 11.5 Å². The van der Waals surface area contributed by atoms with Crippen LogP contribution < -0.4 is 8.92 Å². The number of thiocarbonyl (C=S) groups is 1. The van der Waals surface area contributed by atoms with Gasteiger partial charge in [-0.3, -0.25) is 9.69 Å². The second kappa shape index (κ2) is 10.0. The molecule has 3 aromatic rings. The van der Waals surface area contributed by atoms with Gasteiger partial charge < -0.3 is 8.92 Å². The molecule has 9 heteroatoms. The molecule has 0 aliphatic carbocycles. The quantitative estimate of drug-likeness (QED) is 0.246. The Bertz CT molecular complexity index is 1370. The lowest BCUT2D eigenvalue weighted by Gasteiger charge is -2.14. The van der Waals surface area contributed by atoms with Crippen molar-refractivity contribution in [2.45, 2.75) is 18.4 Å². The molecule has 1 saturated heterocycles. The van der Waals surface area contributed by atoms with Crippen molar-refractivity contribution >= 4 is 50.4 Å². The number of carbonyl (C=O) groups is 1. The molecule has 1 fully saturated rings. The monoisotopic (exact) mass is 511 g/mol. The molecule has 0 aromatic heterocycles. The van der Waals surface area contributed by atoms with Gasteiger partial charge in [-0.1, -0.05) is 78.1 Å². The van der Waals surface area contributed by atoms with E-state index in [-0.39, 0.29) is 22.3 Å². The molecule has 174 valence electrons. The number of amides is 1. The van der Waals surface area contributed by atoms with Crippen LogP contribution in [0.25, 0.3) is 6.08 Å². The normalized spacial score (nSPS) is 15.1. The van der Waals surface area contributed by atoms with Gasteiger partial charge in [0, 0.05) is 0 Å². The van der Waals surface area contributed by atoms with Crippen LogP contribution in [0.1, 0.15) is 16.7 Å². The van der Waals surface area contributed by atoms with E-state index >= 15 is 0 Å². The Morgan fingerprint density at radius 1 is 1.00 bits per heavy atom. The zero-order chi connectivity index (χ0) is 24.3. The van der Waals surface area contributed by atoms with Gasteiger partial charge in [-0.2, -0.15) is 8.42 Å². The number of benzene rings is 3. The minimum absolute atomic E-state index is 0.0475. The van der Waals surface area contributed by atoms with Crippen molar-refractivity contribution in [3.63, 3.8) is 0 Å². The van der Waals surface area contributed by atoms with Crippen molar-refractivity contribution < 1.29 is 22.1 Å². The van der Waals surface area contributed by atoms with Gasteiger partial charge in [-0.05, 0) is 48.4 Å². The zero-order valence-corrected chi connectivity index (χ0v) is 20.9. The van der Waals surface area contributed by atoms with Gasteiger partial charge in [0.15, 0.2) is 11.5 Å². The van der Waals surface area contributed by atoms with Crippen molar-refractivity contribution in [1.82, 2.24) is 4.90 Å². The smallest absolute Gasteiger partial charge is 0.339 e. The van der Waals surface area contributed by atoms with E-state index in [1.165, 1.54) is 37.1 Å². The third-order valence-corrected chi connectivity index (χ3v) is 7.68. The lowest BCUT2D eigenvalue weighted by Crippen LogP contribution is -2.27. The maximum atomic E-state index is 12.9. The Morgan fingerprint density at radius 2 is 1.71 bits per heavy atom. The molecule has 0 saturated carbocycles. The molecule has 34 heavy (non-hydrogen) atoms. The van der Waals surface area contributed by atoms with Crippen LogP contribution in [-0.4, -0.2) is 30.7 Å². The second-order valence-corrected chi connectivity index (χ2v) is 10.7. The zero-order valence-electron chi connectivity index (χ0n) is 18.4. The summed E-state index contributed by atoms with van der Waals surface area (Å²) in [4.78, 5) is 15.0. The topological polar surface area (TPSA) is 72.9 Å². The van der Waals surface area contributed by atoms with E-state index in [2.05, 4.69) is 0 Å². The third-order valence-electron chi connectivity index (χ3n) is 5.05. The molecule has 0 unspecified atom stereocenters. The van der Waals surface area contributed by atoms with Crippen molar-refractivity contribution in [2.24, 2.45) is 0 Å². The molecule has 1 heterocycles. The van der Waals surface area contributed by atoms with Crippen molar-refractivity contribution in [2.75, 3.05) is 7.11 Å². The first-order chi connectivity index (χ1) is 16.3. The van der Waals surface area contributed by atoms with Crippen LogP contribution in [0.4, 0.5) is 0 Å². The molecule has 0 radical (unpaired) electrons. The Morgan fingerprint density at radius 3 is 2.38 bits per heavy atom. The Balaban J connectivity index is 1.55. The summed E-state index contributed by atoms with van der Waals surface area (Å²) in [5.74, 6) is 0.0983. The lowest BCUT2D eigenvalue weighted by atomic mass is 10.1. The molecule has 0 bridgehead atoms. The Labute approximate surface area is 208 Å². The maximum absolute atomic E-state index is 12.9. The molecule has 0 N–H and O–H groups in total. The molecule has 6 nitrogen and oxygen atoms in total. The number of nitrogens with zero attached hydrogens (tertiary/aromatic N) is 1. The fourth-order valence-corrected chi connectivity index (χ4v) is 5.46. The number of methoxy groups -OCH3 is 1. The number of ether oxygens (including phenoxy) is 1. The number of thioether (sulfide) groups is 1. The standard InChI is InChI=1S/C25H21NO5S3/c1-17-8-11-20(12-9-17)34(28,29)31-21-13-10-19(14-22(21)30-2)15-23-24(27)26(25(32)33-23)16-18-6-4-3-5-7-18/h3-15H,16H2,1-2H3. The summed E-state index contributed by atoms with van der Waals surface area (Å²) in [7, 11) is -2.61. The Kier molecular flexibility index (Phi) is 7.06. The largest absolute Gasteiger partial charge is 0.493 e. The minimum Gasteiger partial charge on any atom is -0.493 e. The van der Waals surface area contributed by atoms with Gasteiger partial charge in [0.05, 0.1) is 18.6 Å². The van der Waals surface area contributed by atoms with Crippen LogP contribution in [0.5, 0.6) is 11.5 Å². The van der Waals surface area contributed by atoms with Crippen LogP contribution >= 0.6 is 24.0 Å². The highest BCUT2D eigenvalue weighted by atomic mass is 32.2. The van der Waals surface area contributed by atoms with Crippen LogP contribution in [0, 0.1) is 6.92 Å². The highest BCUT2D eigenvalue weighted by Gasteiger charge is 2.32. The van der Waals surface area contributed by atoms with E-state index in [1.54, 1.807) is 35.2 Å². The SMILES string of the molecule is COc1cc(C=C2SC(=S)N(Cc3ccccc3)C2=O)ccc1OS(=O)(=O)c1ccc(C)cc1. The molecule has 1 amide bonds. The summed E-state index contributed by atoms with van der Waals surface area (Å²) < 4.78 is 36.5. The molecule has 1 aliphatic rings. The van der Waals surface area contributed by atoms with Crippen LogP contribution in [-0.2, 0) is 21.5 Å². The molecule has 0 spiro atoms. The summed E-state index contributed by atoms with van der Waals surface area (Å²) in [6.07, 6.45) is 1.70. The fraction of sp³-hybridized carbons (Fsp3) is 0.120. The predicted molar refractivity (Wildman–Crippen MR) is 137 cm³/mol. The average Bonchev–Trinajstić information content (AvgIpc) is 3.08. The molecular formula is C25H21NO5S3. The van der Waals surface area contributed by atoms with E-state index in [1.807, 2.05) is 37.3 Å². The van der Waals surface area contributed by atoms with Gasteiger partial charge in [0.1, 0.15) is 9.22 Å². The van der Waals surface area contributed by atoms with Crippen LogP contribution in [0.15, 0.2) is 82.6 Å². The van der Waals surface area contributed by atoms with Gasteiger partial charge in [0.25, 0.3) is 5.91 Å². The van der Waals surface area contributed by atoms with E-state index in [0.29, 0.717) is 21.3 Å². The average molecular weight is 512 g/mol. The highest BCUT2D eigenvalue weighted by Crippen LogP contribution is 2.36. The van der Waals surface area contributed by atoms with Gasteiger partial charge in [-0.15, -0.1) is 0 Å². The van der Waals surface area contributed by atoms with Gasteiger partial charge in [-0.25, -0.2) is 0 Å². The first kappa shape index (κ1) is 24.0. The van der Waals surface area contributed by atoms with Gasteiger partial charge in [0.2, 0.25) is 0 Å². The second-order valence-electron chi connectivity index (χ2n) is 7.51. The third kappa shape index (κ3) is 5.32. The Hall–Kier alpha value is -3.14. The summed E-state index contributed by atoms with van der Waals surface area (Å²) in [6, 6.07) is 20.8. The summed E-state index contributed by atoms with van der Waals surface area (Å²) >= 11 is 6.63. The summed E-state index contributed by atoms with van der Waals surface area (Å²) in [5, 5.41) is 0. The van der Waals surface area contributed by atoms with E-state index in [4.69, 9.17) is 21.1 Å². The molecular weight excluding hydrogens is 490 g/mol. The lowest BCUT2D eigenvalue weighted by molar-refractivity contribution is -0.122. The molecule has 1 aliphatic heterocycles. The maximum Gasteiger partial charge on any atom is 0.339 e. The van der Waals surface area contributed by atoms with Gasteiger partial charge >= 0.3 is 10.1 Å². The molecule has 4 rings (SSSR count). The number of carbonyl (C=O) groups excluding carboxylic acids is 1. The van der Waals surface area contributed by atoms with Crippen LogP contribution in [0.3, 0.4) is 0 Å². The first-order valence-electron chi connectivity index (χ1n) is 10.3. The summed E-state index contributed by atoms with van der Waals surface area (Å²) in [5.41, 5.74) is 2.57. The minimum atomic E-state index is -4.03. The fourth-order valence-electron chi connectivity index (χ4n) is 3.27. The molecule has 0 atom stereocenters.